The van der Waals surface area contributed by atoms with Crippen molar-refractivity contribution in [3.05, 3.63) is 59.5 Å². The minimum atomic E-state index is -4.58. The molecule has 0 spiro atoms. The third-order valence-corrected chi connectivity index (χ3v) is 7.62. The molecular formula is C22H22F4N2O3S. The molecule has 0 saturated carbocycles. The van der Waals surface area contributed by atoms with E-state index in [0.717, 1.165) is 42.7 Å². The molecule has 0 N–H and O–H groups in total. The Balaban J connectivity index is 1.30. The maximum atomic E-state index is 13.2. The van der Waals surface area contributed by atoms with E-state index in [1.165, 1.54) is 18.2 Å². The predicted octanol–water partition coefficient (Wildman–Crippen LogP) is 4.71. The third kappa shape index (κ3) is 5.12. The molecule has 1 saturated heterocycles. The molecule has 32 heavy (non-hydrogen) atoms. The van der Waals surface area contributed by atoms with Crippen LogP contribution < -0.4 is 0 Å². The minimum Gasteiger partial charge on any atom is -0.356 e. The molecule has 172 valence electrons. The Morgan fingerprint density at radius 2 is 1.97 bits per heavy atom. The van der Waals surface area contributed by atoms with Crippen LogP contribution in [-0.2, 0) is 22.4 Å². The standard InChI is InChI=1S/C22H22F4N2O3S/c23-17-6-7-19-20(27-31-21(19)12-17)5-2-9-28-10-8-15(13-28)14-32(29,30)18-4-1-3-16(11-18)22(24,25)26/h1,3-4,6-7,11-12,15H,2,5,8-10,13-14H2. The summed E-state index contributed by atoms with van der Waals surface area (Å²) in [7, 11) is -3.81. The SMILES string of the molecule is O=S(=O)(CC1CCN(CCCc2noc3cc(F)ccc23)C1)c1cccc(C(F)(F)F)c1. The first-order valence-corrected chi connectivity index (χ1v) is 11.9. The Morgan fingerprint density at radius 3 is 2.75 bits per heavy atom. The lowest BCUT2D eigenvalue weighted by Crippen LogP contribution is -2.25. The van der Waals surface area contributed by atoms with E-state index in [0.29, 0.717) is 31.0 Å². The van der Waals surface area contributed by atoms with Crippen LogP contribution in [0.15, 0.2) is 51.9 Å². The quantitative estimate of drug-likeness (QED) is 0.468. The number of alkyl halides is 3. The molecule has 0 radical (unpaired) electrons. The number of halogens is 4. The maximum absolute atomic E-state index is 13.2. The molecule has 1 fully saturated rings. The maximum Gasteiger partial charge on any atom is 0.416 e. The van der Waals surface area contributed by atoms with Crippen LogP contribution in [-0.4, -0.2) is 43.9 Å². The predicted molar refractivity (Wildman–Crippen MR) is 110 cm³/mol. The van der Waals surface area contributed by atoms with Crippen LogP contribution in [0.1, 0.15) is 24.1 Å². The summed E-state index contributed by atoms with van der Waals surface area (Å²) in [5, 5.41) is 4.78. The number of likely N-dealkylation sites (tertiary alicyclic amines) is 1. The molecule has 2 heterocycles. The second kappa shape index (κ2) is 8.82. The molecule has 1 atom stereocenters. The van der Waals surface area contributed by atoms with E-state index < -0.39 is 21.6 Å². The molecule has 4 rings (SSSR count). The Kier molecular flexibility index (Phi) is 6.26. The van der Waals surface area contributed by atoms with Crippen molar-refractivity contribution in [2.75, 3.05) is 25.4 Å². The second-order valence-electron chi connectivity index (χ2n) is 8.14. The molecule has 5 nitrogen and oxygen atoms in total. The number of hydrogen-bond donors (Lipinski definition) is 0. The van der Waals surface area contributed by atoms with E-state index in [1.807, 2.05) is 0 Å². The fourth-order valence-corrected chi connectivity index (χ4v) is 5.82. The number of sulfone groups is 1. The van der Waals surface area contributed by atoms with Crippen LogP contribution in [0, 0.1) is 11.7 Å². The van der Waals surface area contributed by atoms with Gasteiger partial charge in [-0.25, -0.2) is 12.8 Å². The van der Waals surface area contributed by atoms with Gasteiger partial charge in [0, 0.05) is 18.0 Å². The van der Waals surface area contributed by atoms with Crippen molar-refractivity contribution in [2.45, 2.75) is 30.3 Å². The van der Waals surface area contributed by atoms with Crippen LogP contribution in [0.3, 0.4) is 0 Å². The van der Waals surface area contributed by atoms with Gasteiger partial charge >= 0.3 is 6.18 Å². The van der Waals surface area contributed by atoms with Gasteiger partial charge in [-0.2, -0.15) is 13.2 Å². The minimum absolute atomic E-state index is 0.134. The van der Waals surface area contributed by atoms with Crippen molar-refractivity contribution in [1.82, 2.24) is 10.1 Å². The summed E-state index contributed by atoms with van der Waals surface area (Å²) >= 11 is 0. The third-order valence-electron chi connectivity index (χ3n) is 5.74. The van der Waals surface area contributed by atoms with Gasteiger partial charge in [0.1, 0.15) is 5.82 Å². The van der Waals surface area contributed by atoms with Crippen molar-refractivity contribution >= 4 is 20.8 Å². The topological polar surface area (TPSA) is 63.4 Å². The van der Waals surface area contributed by atoms with Crippen molar-refractivity contribution < 1.29 is 30.5 Å². The highest BCUT2D eigenvalue weighted by Gasteiger charge is 2.33. The number of aromatic nitrogens is 1. The van der Waals surface area contributed by atoms with Gasteiger partial charge in [0.05, 0.1) is 21.9 Å². The Hall–Kier alpha value is -2.46. The molecule has 1 aliphatic rings. The van der Waals surface area contributed by atoms with Gasteiger partial charge in [0.2, 0.25) is 0 Å². The summed E-state index contributed by atoms with van der Waals surface area (Å²) in [5.74, 6) is -0.696. The number of benzene rings is 2. The lowest BCUT2D eigenvalue weighted by Gasteiger charge is -2.16. The van der Waals surface area contributed by atoms with E-state index >= 15 is 0 Å². The Labute approximate surface area is 182 Å². The number of rotatable bonds is 7. The molecule has 0 amide bonds. The van der Waals surface area contributed by atoms with Gasteiger partial charge in [-0.15, -0.1) is 0 Å². The molecule has 1 unspecified atom stereocenters. The van der Waals surface area contributed by atoms with Crippen molar-refractivity contribution in [3.63, 3.8) is 0 Å². The smallest absolute Gasteiger partial charge is 0.356 e. The van der Waals surface area contributed by atoms with E-state index in [-0.39, 0.29) is 22.4 Å². The van der Waals surface area contributed by atoms with Gasteiger partial charge < -0.3 is 9.42 Å². The van der Waals surface area contributed by atoms with Crippen LogP contribution in [0.25, 0.3) is 11.0 Å². The molecule has 3 aromatic rings. The fraction of sp³-hybridized carbons (Fsp3) is 0.409. The van der Waals surface area contributed by atoms with Gasteiger partial charge in [-0.05, 0) is 68.6 Å². The van der Waals surface area contributed by atoms with Gasteiger partial charge in [0.25, 0.3) is 0 Å². The second-order valence-corrected chi connectivity index (χ2v) is 10.2. The first-order valence-electron chi connectivity index (χ1n) is 10.3. The van der Waals surface area contributed by atoms with Gasteiger partial charge in [0.15, 0.2) is 15.4 Å². The summed E-state index contributed by atoms with van der Waals surface area (Å²) < 4.78 is 82.4. The van der Waals surface area contributed by atoms with Gasteiger partial charge in [-0.3, -0.25) is 0 Å². The normalized spacial score (nSPS) is 17.9. The molecule has 10 heteroatoms. The van der Waals surface area contributed by atoms with E-state index in [9.17, 15) is 26.0 Å². The summed E-state index contributed by atoms with van der Waals surface area (Å²) in [6.07, 6.45) is -2.50. The summed E-state index contributed by atoms with van der Waals surface area (Å²) in [4.78, 5) is 1.86. The number of fused-ring (bicyclic) bond motifs is 1. The zero-order chi connectivity index (χ0) is 22.9. The molecular weight excluding hydrogens is 448 g/mol. The van der Waals surface area contributed by atoms with Crippen molar-refractivity contribution in [2.24, 2.45) is 5.92 Å². The highest BCUT2D eigenvalue weighted by molar-refractivity contribution is 7.91. The molecule has 0 aliphatic carbocycles. The average Bonchev–Trinajstić information content (AvgIpc) is 3.33. The highest BCUT2D eigenvalue weighted by Crippen LogP contribution is 2.31. The Bertz CT molecular complexity index is 1210. The summed E-state index contributed by atoms with van der Waals surface area (Å²) in [6.45, 7) is 2.03. The average molecular weight is 470 g/mol. The first kappa shape index (κ1) is 22.7. The number of nitrogens with zero attached hydrogens (tertiary/aromatic N) is 2. The van der Waals surface area contributed by atoms with Crippen molar-refractivity contribution in [1.29, 1.82) is 0 Å². The van der Waals surface area contributed by atoms with Gasteiger partial charge in [-0.1, -0.05) is 11.2 Å². The first-order chi connectivity index (χ1) is 15.1. The van der Waals surface area contributed by atoms with E-state index in [4.69, 9.17) is 4.52 Å². The van der Waals surface area contributed by atoms with Crippen LogP contribution >= 0.6 is 0 Å². The van der Waals surface area contributed by atoms with Crippen LogP contribution in [0.4, 0.5) is 17.6 Å². The molecule has 1 aromatic heterocycles. The fourth-order valence-electron chi connectivity index (χ4n) is 4.14. The monoisotopic (exact) mass is 470 g/mol. The molecule has 0 bridgehead atoms. The zero-order valence-electron chi connectivity index (χ0n) is 17.1. The largest absolute Gasteiger partial charge is 0.416 e. The van der Waals surface area contributed by atoms with Crippen molar-refractivity contribution in [3.8, 4) is 0 Å². The van der Waals surface area contributed by atoms with Crippen LogP contribution in [0.5, 0.6) is 0 Å². The summed E-state index contributed by atoms with van der Waals surface area (Å²) in [6, 6.07) is 8.20. The van der Waals surface area contributed by atoms with E-state index in [2.05, 4.69) is 10.1 Å². The zero-order valence-corrected chi connectivity index (χ0v) is 17.9. The highest BCUT2D eigenvalue weighted by atomic mass is 32.2. The molecule has 2 aromatic carbocycles. The number of aryl methyl sites for hydroxylation is 1. The summed E-state index contributed by atoms with van der Waals surface area (Å²) in [5.41, 5.74) is 0.193. The van der Waals surface area contributed by atoms with Crippen LogP contribution in [0.2, 0.25) is 0 Å². The Morgan fingerprint density at radius 1 is 1.16 bits per heavy atom. The van der Waals surface area contributed by atoms with E-state index in [1.54, 1.807) is 6.07 Å². The lowest BCUT2D eigenvalue weighted by molar-refractivity contribution is -0.137. The lowest BCUT2D eigenvalue weighted by atomic mass is 10.1. The molecule has 1 aliphatic heterocycles. The number of hydrogen-bond acceptors (Lipinski definition) is 5.